The van der Waals surface area contributed by atoms with Gasteiger partial charge in [-0.1, -0.05) is 86.0 Å². The Morgan fingerprint density at radius 1 is 0.911 bits per heavy atom. The van der Waals surface area contributed by atoms with E-state index in [9.17, 15) is 14.4 Å². The van der Waals surface area contributed by atoms with Crippen LogP contribution in [0.25, 0.3) is 0 Å². The molecule has 4 N–H and O–H groups in total. The van der Waals surface area contributed by atoms with E-state index in [0.29, 0.717) is 32.4 Å². The predicted molar refractivity (Wildman–Crippen MR) is 177 cm³/mol. The van der Waals surface area contributed by atoms with Crippen LogP contribution in [0.2, 0.25) is 0 Å². The number of nitrogens with zero attached hydrogens (tertiary/aromatic N) is 1. The van der Waals surface area contributed by atoms with Crippen molar-refractivity contribution in [3.8, 4) is 0 Å². The first-order valence-corrected chi connectivity index (χ1v) is 15.4. The van der Waals surface area contributed by atoms with Crippen molar-refractivity contribution in [2.24, 2.45) is 5.73 Å². The highest BCUT2D eigenvalue weighted by Crippen LogP contribution is 2.26. The monoisotopic (exact) mass is 622 g/mol. The zero-order valence-electron chi connectivity index (χ0n) is 26.9. The highest BCUT2D eigenvalue weighted by Gasteiger charge is 2.27. The van der Waals surface area contributed by atoms with Crippen LogP contribution in [-0.2, 0) is 19.0 Å². The van der Waals surface area contributed by atoms with Crippen LogP contribution in [0.4, 0.5) is 9.59 Å². The molecule has 1 unspecified atom stereocenters. The van der Waals surface area contributed by atoms with Gasteiger partial charge in [0.1, 0.15) is 24.9 Å². The number of esters is 1. The molecule has 0 bridgehead atoms. The molecule has 0 saturated carbocycles. The van der Waals surface area contributed by atoms with Gasteiger partial charge in [0, 0.05) is 31.6 Å². The van der Waals surface area contributed by atoms with Gasteiger partial charge in [-0.3, -0.25) is 10.1 Å². The predicted octanol–water partition coefficient (Wildman–Crippen LogP) is 5.15. The minimum Gasteiger partial charge on any atom is -0.460 e. The molecule has 0 saturated heterocycles. The zero-order valence-corrected chi connectivity index (χ0v) is 26.9. The average molecular weight is 623 g/mol. The fraction of sp³-hybridized carbons (Fsp3) is 0.457. The third kappa shape index (κ3) is 14.5. The third-order valence-corrected chi connectivity index (χ3v) is 6.79. The van der Waals surface area contributed by atoms with Crippen LogP contribution < -0.4 is 16.4 Å². The lowest BCUT2D eigenvalue weighted by molar-refractivity contribution is -0.145. The Bertz CT molecular complexity index is 1150. The summed E-state index contributed by atoms with van der Waals surface area (Å²) in [6, 6.07) is 18.8. The van der Waals surface area contributed by atoms with Gasteiger partial charge in [0.15, 0.2) is 0 Å². The fourth-order valence-electron chi connectivity index (χ4n) is 4.67. The Morgan fingerprint density at radius 3 is 2.02 bits per heavy atom. The summed E-state index contributed by atoms with van der Waals surface area (Å²) in [6.45, 7) is 13.9. The van der Waals surface area contributed by atoms with Crippen molar-refractivity contribution in [2.75, 3.05) is 39.4 Å². The van der Waals surface area contributed by atoms with E-state index < -0.39 is 35.8 Å². The number of amides is 2. The molecule has 0 radical (unpaired) electrons. The zero-order chi connectivity index (χ0) is 33.1. The molecular weight excluding hydrogens is 572 g/mol. The van der Waals surface area contributed by atoms with E-state index in [2.05, 4.69) is 23.8 Å². The van der Waals surface area contributed by atoms with Gasteiger partial charge in [-0.15, -0.1) is 0 Å². The number of nitrogens with one attached hydrogen (secondary N) is 2. The van der Waals surface area contributed by atoms with Gasteiger partial charge in [0.2, 0.25) is 0 Å². The quantitative estimate of drug-likeness (QED) is 0.111. The SMILES string of the molecule is C=CCOC(=O)[C@@H](CCCN)NC(CCN(CC(c1ccccc1)c1ccccc1)C(=O)OCC=C)CNC(=O)OC(C)(C)C. The lowest BCUT2D eigenvalue weighted by atomic mass is 9.90. The van der Waals surface area contributed by atoms with E-state index in [1.165, 1.54) is 12.2 Å². The molecule has 246 valence electrons. The number of carbonyl (C=O) groups is 3. The molecule has 0 spiro atoms. The minimum atomic E-state index is -0.680. The molecule has 45 heavy (non-hydrogen) atoms. The highest BCUT2D eigenvalue weighted by atomic mass is 16.6. The van der Waals surface area contributed by atoms with Gasteiger partial charge in [-0.25, -0.2) is 9.59 Å². The van der Waals surface area contributed by atoms with E-state index in [0.717, 1.165) is 11.1 Å². The van der Waals surface area contributed by atoms with Crippen LogP contribution in [0.5, 0.6) is 0 Å². The first kappa shape index (κ1) is 37.0. The minimum absolute atomic E-state index is 0.0643. The van der Waals surface area contributed by atoms with Crippen molar-refractivity contribution in [1.29, 1.82) is 0 Å². The Balaban J connectivity index is 2.34. The summed E-state index contributed by atoms with van der Waals surface area (Å²) < 4.78 is 16.3. The van der Waals surface area contributed by atoms with E-state index in [1.807, 2.05) is 60.7 Å². The summed E-state index contributed by atoms with van der Waals surface area (Å²) in [5.74, 6) is -0.567. The third-order valence-electron chi connectivity index (χ3n) is 6.79. The number of rotatable bonds is 19. The van der Waals surface area contributed by atoms with E-state index in [4.69, 9.17) is 19.9 Å². The number of hydrogen-bond acceptors (Lipinski definition) is 8. The largest absolute Gasteiger partial charge is 0.460 e. The molecule has 2 aromatic carbocycles. The molecule has 2 aromatic rings. The van der Waals surface area contributed by atoms with Gasteiger partial charge < -0.3 is 30.2 Å². The van der Waals surface area contributed by atoms with Gasteiger partial charge in [-0.05, 0) is 57.7 Å². The number of ether oxygens (including phenoxy) is 3. The smallest absolute Gasteiger partial charge is 0.410 e. The lowest BCUT2D eigenvalue weighted by Gasteiger charge is -2.31. The van der Waals surface area contributed by atoms with E-state index in [-0.39, 0.29) is 32.2 Å². The van der Waals surface area contributed by atoms with E-state index >= 15 is 0 Å². The molecule has 0 aromatic heterocycles. The van der Waals surface area contributed by atoms with Crippen LogP contribution >= 0.6 is 0 Å². The molecule has 2 rings (SSSR count). The molecule has 0 aliphatic heterocycles. The molecule has 0 aliphatic carbocycles. The van der Waals surface area contributed by atoms with Crippen molar-refractivity contribution >= 4 is 18.2 Å². The standard InChI is InChI=1S/C35H50N4O6/c1-6-23-43-32(40)31(19-14-21-36)38-29(25-37-33(41)45-35(3,4)5)20-22-39(34(42)44-24-7-2)26-30(27-15-10-8-11-16-27)28-17-12-9-13-18-28/h6-13,15-18,29-31,38H,1-2,14,19-26,36H2,3-5H3,(H,37,41)/t29?,31-/m1/s1. The van der Waals surface area contributed by atoms with Gasteiger partial charge in [-0.2, -0.15) is 0 Å². The van der Waals surface area contributed by atoms with Crippen molar-refractivity contribution in [3.05, 3.63) is 97.1 Å². The Morgan fingerprint density at radius 2 is 1.49 bits per heavy atom. The highest BCUT2D eigenvalue weighted by molar-refractivity contribution is 5.76. The van der Waals surface area contributed by atoms with Crippen molar-refractivity contribution < 1.29 is 28.6 Å². The molecule has 10 heteroatoms. The maximum absolute atomic E-state index is 13.4. The molecule has 0 aliphatic rings. The normalized spacial score (nSPS) is 12.5. The van der Waals surface area contributed by atoms with Gasteiger partial charge >= 0.3 is 18.2 Å². The van der Waals surface area contributed by atoms with Crippen LogP contribution in [0.15, 0.2) is 86.0 Å². The summed E-state index contributed by atoms with van der Waals surface area (Å²) in [5.41, 5.74) is 7.17. The van der Waals surface area contributed by atoms with Gasteiger partial charge in [0.05, 0.1) is 0 Å². The first-order chi connectivity index (χ1) is 21.6. The van der Waals surface area contributed by atoms with Gasteiger partial charge in [0.25, 0.3) is 0 Å². The van der Waals surface area contributed by atoms with Crippen LogP contribution in [0.3, 0.4) is 0 Å². The Hall–Kier alpha value is -4.15. The topological polar surface area (TPSA) is 132 Å². The van der Waals surface area contributed by atoms with Crippen LogP contribution in [-0.4, -0.2) is 80.1 Å². The lowest BCUT2D eigenvalue weighted by Crippen LogP contribution is -2.51. The molecule has 2 atom stereocenters. The maximum Gasteiger partial charge on any atom is 0.410 e. The number of carbonyl (C=O) groups excluding carboxylic acids is 3. The van der Waals surface area contributed by atoms with Crippen molar-refractivity contribution in [3.63, 3.8) is 0 Å². The number of benzene rings is 2. The van der Waals surface area contributed by atoms with Crippen molar-refractivity contribution in [1.82, 2.24) is 15.5 Å². The summed E-state index contributed by atoms with van der Waals surface area (Å²) in [6.07, 6.45) is 3.35. The molecule has 10 nitrogen and oxygen atoms in total. The van der Waals surface area contributed by atoms with Crippen molar-refractivity contribution in [2.45, 2.75) is 63.6 Å². The molecular formula is C35H50N4O6. The Kier molecular flexibility index (Phi) is 16.5. The Labute approximate surface area is 268 Å². The molecule has 0 fully saturated rings. The molecule has 0 heterocycles. The fourth-order valence-corrected chi connectivity index (χ4v) is 4.67. The second kappa shape index (κ2) is 20.0. The second-order valence-electron chi connectivity index (χ2n) is 11.6. The van der Waals surface area contributed by atoms with E-state index in [1.54, 1.807) is 25.7 Å². The van der Waals surface area contributed by atoms with Crippen LogP contribution in [0.1, 0.15) is 57.1 Å². The first-order valence-electron chi connectivity index (χ1n) is 15.4. The number of nitrogens with two attached hydrogens (primary N) is 1. The average Bonchev–Trinajstić information content (AvgIpc) is 3.02. The molecule has 2 amide bonds. The van der Waals surface area contributed by atoms with Crippen LogP contribution in [0, 0.1) is 0 Å². The number of alkyl carbamates (subject to hydrolysis) is 1. The second-order valence-corrected chi connectivity index (χ2v) is 11.6. The maximum atomic E-state index is 13.4. The number of hydrogen-bond donors (Lipinski definition) is 3. The summed E-state index contributed by atoms with van der Waals surface area (Å²) in [4.78, 5) is 40.5. The summed E-state index contributed by atoms with van der Waals surface area (Å²) in [5, 5.41) is 6.14. The summed E-state index contributed by atoms with van der Waals surface area (Å²) >= 11 is 0. The summed E-state index contributed by atoms with van der Waals surface area (Å²) in [7, 11) is 0.